The van der Waals surface area contributed by atoms with Crippen molar-refractivity contribution < 1.29 is 40.7 Å². The zero-order valence-electron chi connectivity index (χ0n) is 27.7. The van der Waals surface area contributed by atoms with E-state index in [1.807, 2.05) is 23.9 Å². The summed E-state index contributed by atoms with van der Waals surface area (Å²) in [6.45, 7) is 1.21. The Morgan fingerprint density at radius 1 is 0.918 bits per heavy atom. The van der Waals surface area contributed by atoms with E-state index >= 15 is 0 Å². The highest BCUT2D eigenvalue weighted by atomic mass is 19.4. The summed E-state index contributed by atoms with van der Waals surface area (Å²) in [5.74, 6) is -5.84. The number of nitrogens with one attached hydrogen (secondary N) is 2. The first-order valence-electron chi connectivity index (χ1n) is 16.1. The van der Waals surface area contributed by atoms with Gasteiger partial charge in [0.25, 0.3) is 5.91 Å². The molecule has 0 radical (unpaired) electrons. The molecular weight excluding hydrogens is 654 g/mol. The summed E-state index contributed by atoms with van der Waals surface area (Å²) >= 11 is 0. The van der Waals surface area contributed by atoms with Crippen molar-refractivity contribution >= 4 is 29.1 Å². The summed E-state index contributed by atoms with van der Waals surface area (Å²) in [5, 5.41) is 5.12. The zero-order valence-corrected chi connectivity index (χ0v) is 27.7. The molecule has 2 N–H and O–H groups in total. The lowest BCUT2D eigenvalue weighted by atomic mass is 9.83. The van der Waals surface area contributed by atoms with E-state index in [0.29, 0.717) is 35.6 Å². The van der Waals surface area contributed by atoms with Crippen LogP contribution in [0.5, 0.6) is 0 Å². The van der Waals surface area contributed by atoms with Crippen LogP contribution in [0.4, 0.5) is 32.0 Å². The molecule has 0 aliphatic carbocycles. The molecule has 1 saturated heterocycles. The second-order valence-electron chi connectivity index (χ2n) is 12.7. The average molecular weight is 697 g/mol. The van der Waals surface area contributed by atoms with Gasteiger partial charge in [-0.1, -0.05) is 48.5 Å². The number of rotatable bonds is 13. The van der Waals surface area contributed by atoms with E-state index in [-0.39, 0.29) is 12.7 Å². The predicted molar refractivity (Wildman–Crippen MR) is 173 cm³/mol. The molecule has 1 fully saturated rings. The van der Waals surface area contributed by atoms with Crippen LogP contribution in [0, 0.1) is 11.8 Å². The van der Waals surface area contributed by atoms with Crippen molar-refractivity contribution in [1.29, 1.82) is 0 Å². The Morgan fingerprint density at radius 2 is 1.55 bits per heavy atom. The normalized spacial score (nSPS) is 20.0. The van der Waals surface area contributed by atoms with Crippen LogP contribution in [-0.2, 0) is 14.4 Å². The molecule has 4 unspecified atom stereocenters. The van der Waals surface area contributed by atoms with Crippen LogP contribution in [0.2, 0.25) is 0 Å². The van der Waals surface area contributed by atoms with Crippen molar-refractivity contribution in [2.24, 2.45) is 16.8 Å². The largest absolute Gasteiger partial charge is 0.389 e. The summed E-state index contributed by atoms with van der Waals surface area (Å²) < 4.78 is 80.0. The number of benzodiazepines with no additional fused rings is 1. The van der Waals surface area contributed by atoms with E-state index in [4.69, 9.17) is 0 Å². The number of likely N-dealkylation sites (tertiary alicyclic amines) is 1. The first-order valence-corrected chi connectivity index (χ1v) is 16.1. The molecule has 0 spiro atoms. The number of carbonyl (C=O) groups excluding carboxylic acids is 3. The predicted octanol–water partition coefficient (Wildman–Crippen LogP) is 4.96. The van der Waals surface area contributed by atoms with Crippen LogP contribution in [0.15, 0.2) is 59.6 Å². The molecule has 2 heterocycles. The number of halogens is 6. The molecular formula is C34H42F6N6O3. The number of para-hydroxylation sites is 1. The number of alkyl halides is 6. The minimum atomic E-state index is -4.69. The number of anilines is 1. The molecule has 0 aromatic heterocycles. The highest BCUT2D eigenvalue weighted by Gasteiger charge is 2.40. The number of amides is 3. The molecule has 268 valence electrons. The topological polar surface area (TPSA) is 97.3 Å². The number of hydrogen-bond donors (Lipinski definition) is 2. The van der Waals surface area contributed by atoms with Crippen LogP contribution in [-0.4, -0.2) is 98.7 Å². The van der Waals surface area contributed by atoms with E-state index in [2.05, 4.69) is 15.6 Å². The van der Waals surface area contributed by atoms with Crippen LogP contribution in [0.1, 0.15) is 49.7 Å². The fourth-order valence-electron chi connectivity index (χ4n) is 6.25. The van der Waals surface area contributed by atoms with E-state index in [1.165, 1.54) is 11.9 Å². The van der Waals surface area contributed by atoms with Gasteiger partial charge in [-0.15, -0.1) is 0 Å². The monoisotopic (exact) mass is 696 g/mol. The molecule has 9 nitrogen and oxygen atoms in total. The summed E-state index contributed by atoms with van der Waals surface area (Å²) in [4.78, 5) is 51.0. The Hall–Kier alpha value is -3.98. The Kier molecular flexibility index (Phi) is 12.5. The highest BCUT2D eigenvalue weighted by molar-refractivity contribution is 6.20. The number of carbonyl (C=O) groups is 3. The molecule has 15 heteroatoms. The van der Waals surface area contributed by atoms with Gasteiger partial charge in [-0.3, -0.25) is 19.3 Å². The van der Waals surface area contributed by atoms with Crippen molar-refractivity contribution in [2.75, 3.05) is 45.8 Å². The Labute approximate surface area is 281 Å². The number of fused-ring (bicyclic) bond motifs is 1. The Morgan fingerprint density at radius 3 is 2.18 bits per heavy atom. The quantitative estimate of drug-likeness (QED) is 0.289. The van der Waals surface area contributed by atoms with Gasteiger partial charge in [-0.05, 0) is 45.8 Å². The van der Waals surface area contributed by atoms with Crippen molar-refractivity contribution in [3.05, 3.63) is 65.7 Å². The molecule has 2 aromatic carbocycles. The first-order chi connectivity index (χ1) is 23.0. The van der Waals surface area contributed by atoms with Crippen LogP contribution in [0.25, 0.3) is 0 Å². The SMILES string of the molecule is CN1C(=O)C(NC(=O)C(CCCC(F)(F)F)C(CCC(F)(F)F)C(=O)NCN2CCC(N(C)C)C2)N=C(c2ccccc2)c2ccccc21. The van der Waals surface area contributed by atoms with Gasteiger partial charge in [0.1, 0.15) is 0 Å². The Balaban J connectivity index is 1.65. The fourth-order valence-corrected chi connectivity index (χ4v) is 6.25. The minimum absolute atomic E-state index is 0.00251. The third kappa shape index (κ3) is 10.5. The van der Waals surface area contributed by atoms with Crippen molar-refractivity contribution in [1.82, 2.24) is 20.4 Å². The molecule has 0 saturated carbocycles. The second kappa shape index (κ2) is 16.2. The molecule has 2 aliphatic heterocycles. The minimum Gasteiger partial charge on any atom is -0.343 e. The summed E-state index contributed by atoms with van der Waals surface area (Å²) in [5.41, 5.74) is 2.01. The van der Waals surface area contributed by atoms with Crippen molar-refractivity contribution in [2.45, 2.75) is 63.1 Å². The number of aliphatic imine (C=N–C) groups is 1. The molecule has 4 atom stereocenters. The van der Waals surface area contributed by atoms with E-state index in [9.17, 15) is 40.7 Å². The number of benzene rings is 2. The van der Waals surface area contributed by atoms with Crippen LogP contribution < -0.4 is 15.5 Å². The number of nitrogens with zero attached hydrogens (tertiary/aromatic N) is 4. The summed E-state index contributed by atoms with van der Waals surface area (Å²) in [6, 6.07) is 15.9. The van der Waals surface area contributed by atoms with Gasteiger partial charge in [-0.2, -0.15) is 26.3 Å². The molecule has 3 amide bonds. The van der Waals surface area contributed by atoms with E-state index in [1.54, 1.807) is 54.6 Å². The maximum absolute atomic E-state index is 14.0. The summed E-state index contributed by atoms with van der Waals surface area (Å²) in [6.07, 6.45) is -14.8. The lowest BCUT2D eigenvalue weighted by Gasteiger charge is -2.29. The lowest BCUT2D eigenvalue weighted by molar-refractivity contribution is -0.148. The van der Waals surface area contributed by atoms with Gasteiger partial charge in [0.05, 0.1) is 18.1 Å². The van der Waals surface area contributed by atoms with E-state index in [0.717, 1.165) is 6.42 Å². The lowest BCUT2D eigenvalue weighted by Crippen LogP contribution is -2.51. The van der Waals surface area contributed by atoms with Gasteiger partial charge in [-0.25, -0.2) is 4.99 Å². The van der Waals surface area contributed by atoms with Gasteiger partial charge >= 0.3 is 12.4 Å². The van der Waals surface area contributed by atoms with Gasteiger partial charge in [0, 0.05) is 62.0 Å². The second-order valence-corrected chi connectivity index (χ2v) is 12.7. The highest BCUT2D eigenvalue weighted by Crippen LogP contribution is 2.33. The number of hydrogen-bond acceptors (Lipinski definition) is 6. The average Bonchev–Trinajstić information content (AvgIpc) is 3.50. The van der Waals surface area contributed by atoms with Crippen molar-refractivity contribution in [3.63, 3.8) is 0 Å². The van der Waals surface area contributed by atoms with Gasteiger partial charge < -0.3 is 20.4 Å². The zero-order chi connectivity index (χ0) is 35.9. The molecule has 4 rings (SSSR count). The van der Waals surface area contributed by atoms with E-state index < -0.39 is 80.2 Å². The molecule has 49 heavy (non-hydrogen) atoms. The van der Waals surface area contributed by atoms with Crippen LogP contribution >= 0.6 is 0 Å². The maximum Gasteiger partial charge on any atom is 0.389 e. The van der Waals surface area contributed by atoms with Crippen molar-refractivity contribution in [3.8, 4) is 0 Å². The van der Waals surface area contributed by atoms with Gasteiger partial charge in [0.15, 0.2) is 0 Å². The maximum atomic E-state index is 14.0. The summed E-state index contributed by atoms with van der Waals surface area (Å²) in [7, 11) is 5.29. The molecule has 2 aromatic rings. The third-order valence-corrected chi connectivity index (χ3v) is 9.00. The van der Waals surface area contributed by atoms with Crippen LogP contribution in [0.3, 0.4) is 0 Å². The standard InChI is InChI=1S/C34H42F6N6O3/c1-44(2)23-16-19-46(20-23)21-41-30(47)25(15-18-34(38,39)40)24(13-9-17-33(35,36)37)31(48)43-29-32(49)45(3)27-14-8-7-12-26(27)28(42-29)22-10-5-4-6-11-22/h4-8,10-12,14,23-25,29H,9,13,15-21H2,1-3H3,(H,41,47)(H,43,48). The smallest absolute Gasteiger partial charge is 0.343 e. The fraction of sp³-hybridized carbons (Fsp3) is 0.529. The molecule has 2 aliphatic rings. The Bertz CT molecular complexity index is 1480. The molecule has 0 bridgehead atoms. The third-order valence-electron chi connectivity index (χ3n) is 9.00. The van der Waals surface area contributed by atoms with Gasteiger partial charge in [0.2, 0.25) is 18.0 Å². The first kappa shape index (κ1) is 37.8. The number of likely N-dealkylation sites (N-methyl/N-ethyl adjacent to an activating group) is 2.